The lowest BCUT2D eigenvalue weighted by Crippen LogP contribution is -2.47. The summed E-state index contributed by atoms with van der Waals surface area (Å²) in [5.41, 5.74) is 4.39. The van der Waals surface area contributed by atoms with E-state index in [0.29, 0.717) is 17.1 Å². The molecular weight excluding hydrogens is 526 g/mol. The number of para-hydroxylation sites is 1. The van der Waals surface area contributed by atoms with Crippen molar-refractivity contribution in [2.45, 2.75) is 26.3 Å². The molecule has 0 aliphatic rings. The predicted octanol–water partition coefficient (Wildman–Crippen LogP) is 5.43. The molecule has 2 aromatic carbocycles. The van der Waals surface area contributed by atoms with E-state index in [9.17, 15) is 19.7 Å². The second-order valence-corrected chi connectivity index (χ2v) is 9.52. The number of rotatable bonds is 10. The molecule has 2 aromatic heterocycles. The first-order valence-corrected chi connectivity index (χ1v) is 12.4. The number of furan rings is 1. The van der Waals surface area contributed by atoms with Crippen molar-refractivity contribution in [3.8, 4) is 11.3 Å². The second-order valence-electron chi connectivity index (χ2n) is 9.11. The molecule has 39 heavy (non-hydrogen) atoms. The van der Waals surface area contributed by atoms with Crippen LogP contribution in [0.1, 0.15) is 25.2 Å². The number of ether oxygens (including phenoxy) is 1. The van der Waals surface area contributed by atoms with Gasteiger partial charge >= 0.3 is 6.09 Å². The third kappa shape index (κ3) is 7.02. The van der Waals surface area contributed by atoms with E-state index in [-0.39, 0.29) is 29.7 Å². The minimum Gasteiger partial charge on any atom is -0.455 e. The molecule has 1 atom stereocenters. The molecule has 2 amide bonds. The third-order valence-electron chi connectivity index (χ3n) is 5.68. The summed E-state index contributed by atoms with van der Waals surface area (Å²) in [6.07, 6.45) is 2.56. The van der Waals surface area contributed by atoms with Gasteiger partial charge in [-0.2, -0.15) is 5.10 Å². The van der Waals surface area contributed by atoms with E-state index in [4.69, 9.17) is 20.8 Å². The lowest BCUT2D eigenvalue weighted by molar-refractivity contribution is -0.384. The molecule has 0 bridgehead atoms. The molecule has 0 unspecified atom stereocenters. The van der Waals surface area contributed by atoms with Gasteiger partial charge in [0.2, 0.25) is 0 Å². The number of hydrogen-bond donors (Lipinski definition) is 3. The monoisotopic (exact) mass is 551 g/mol. The quantitative estimate of drug-likeness (QED) is 0.136. The van der Waals surface area contributed by atoms with Crippen molar-refractivity contribution < 1.29 is 23.7 Å². The van der Waals surface area contributed by atoms with Gasteiger partial charge in [0.1, 0.15) is 22.6 Å². The maximum atomic E-state index is 13.0. The van der Waals surface area contributed by atoms with Crippen molar-refractivity contribution in [1.82, 2.24) is 15.7 Å². The Labute approximate surface area is 228 Å². The third-order valence-corrected chi connectivity index (χ3v) is 6.00. The summed E-state index contributed by atoms with van der Waals surface area (Å²) in [7, 11) is 0. The molecule has 0 fully saturated rings. The number of aromatic nitrogens is 1. The van der Waals surface area contributed by atoms with Crippen LogP contribution in [0.3, 0.4) is 0 Å². The minimum absolute atomic E-state index is 0.0173. The molecule has 3 N–H and O–H groups in total. The number of carbonyl (C=O) groups excluding carboxylic acids is 2. The molecule has 0 saturated heterocycles. The highest BCUT2D eigenvalue weighted by Crippen LogP contribution is 2.31. The van der Waals surface area contributed by atoms with Crippen LogP contribution < -0.4 is 10.7 Å². The van der Waals surface area contributed by atoms with Gasteiger partial charge < -0.3 is 19.5 Å². The standard InChI is InChI=1S/C27H26ClN5O6/c1-16(2)15-38-27(35)31-23(11-18-13-29-22-6-4-3-5-20(18)22)26(34)32-30-14-19-8-10-25(39-19)17-7-9-21(28)24(12-17)33(36)37/h3-10,12-14,16,23,29H,11,15H2,1-2H3,(H,31,35)(H,32,34)/b30-14-/t23-/m0/s1. The molecular formula is C27H26ClN5O6. The lowest BCUT2D eigenvalue weighted by atomic mass is 10.0. The second kappa shape index (κ2) is 12.3. The number of nitro groups is 1. The summed E-state index contributed by atoms with van der Waals surface area (Å²) in [6, 6.07) is 14.2. The van der Waals surface area contributed by atoms with Crippen LogP contribution in [0.5, 0.6) is 0 Å². The molecule has 202 valence electrons. The molecule has 0 radical (unpaired) electrons. The Morgan fingerprint density at radius 2 is 2.00 bits per heavy atom. The van der Waals surface area contributed by atoms with Crippen molar-refractivity contribution in [2.24, 2.45) is 11.0 Å². The first-order valence-electron chi connectivity index (χ1n) is 12.1. The van der Waals surface area contributed by atoms with Crippen molar-refractivity contribution in [1.29, 1.82) is 0 Å². The molecule has 4 rings (SSSR count). The maximum absolute atomic E-state index is 13.0. The smallest absolute Gasteiger partial charge is 0.407 e. The molecule has 0 aliphatic heterocycles. The highest BCUT2D eigenvalue weighted by atomic mass is 35.5. The Bertz CT molecular complexity index is 1530. The van der Waals surface area contributed by atoms with Gasteiger partial charge in [-0.25, -0.2) is 10.2 Å². The Morgan fingerprint density at radius 3 is 2.77 bits per heavy atom. The van der Waals surface area contributed by atoms with E-state index in [1.807, 2.05) is 38.1 Å². The fourth-order valence-electron chi connectivity index (χ4n) is 3.78. The number of fused-ring (bicyclic) bond motifs is 1. The summed E-state index contributed by atoms with van der Waals surface area (Å²) in [5, 5.41) is 18.7. The number of carbonyl (C=O) groups is 2. The summed E-state index contributed by atoms with van der Waals surface area (Å²) < 4.78 is 10.9. The van der Waals surface area contributed by atoms with Crippen molar-refractivity contribution >= 4 is 46.4 Å². The lowest BCUT2D eigenvalue weighted by Gasteiger charge is -2.17. The summed E-state index contributed by atoms with van der Waals surface area (Å²) in [6.45, 7) is 4.03. The van der Waals surface area contributed by atoms with E-state index in [2.05, 4.69) is 20.8 Å². The van der Waals surface area contributed by atoms with Gasteiger partial charge in [-0.05, 0) is 41.8 Å². The number of aromatic amines is 1. The zero-order chi connectivity index (χ0) is 27.9. The van der Waals surface area contributed by atoms with Crippen molar-refractivity contribution in [3.05, 3.63) is 87.3 Å². The number of benzene rings is 2. The molecule has 12 heteroatoms. The highest BCUT2D eigenvalue weighted by Gasteiger charge is 2.23. The summed E-state index contributed by atoms with van der Waals surface area (Å²) in [5.74, 6) is 0.228. The molecule has 2 heterocycles. The summed E-state index contributed by atoms with van der Waals surface area (Å²) in [4.78, 5) is 39.1. The molecule has 0 spiro atoms. The maximum Gasteiger partial charge on any atom is 0.407 e. The predicted molar refractivity (Wildman–Crippen MR) is 147 cm³/mol. The van der Waals surface area contributed by atoms with Crippen LogP contribution in [-0.2, 0) is 16.0 Å². The van der Waals surface area contributed by atoms with Crippen LogP contribution in [0.4, 0.5) is 10.5 Å². The minimum atomic E-state index is -0.970. The van der Waals surface area contributed by atoms with Crippen LogP contribution in [-0.4, -0.2) is 40.8 Å². The van der Waals surface area contributed by atoms with Crippen LogP contribution in [0.15, 0.2) is 70.3 Å². The number of hydrazone groups is 1. The van der Waals surface area contributed by atoms with Gasteiger partial charge in [-0.1, -0.05) is 43.6 Å². The Hall–Kier alpha value is -4.64. The average Bonchev–Trinajstić information content (AvgIpc) is 3.54. The number of halogens is 1. The summed E-state index contributed by atoms with van der Waals surface area (Å²) >= 11 is 5.87. The fourth-order valence-corrected chi connectivity index (χ4v) is 3.96. The number of nitrogens with one attached hydrogen (secondary N) is 3. The Kier molecular flexibility index (Phi) is 8.62. The molecule has 0 saturated carbocycles. The van der Waals surface area contributed by atoms with Gasteiger partial charge in [0.25, 0.3) is 11.6 Å². The fraction of sp³-hybridized carbons (Fsp3) is 0.222. The van der Waals surface area contributed by atoms with Gasteiger partial charge in [-0.15, -0.1) is 0 Å². The Morgan fingerprint density at radius 1 is 1.21 bits per heavy atom. The molecule has 11 nitrogen and oxygen atoms in total. The van der Waals surface area contributed by atoms with E-state index in [1.54, 1.807) is 24.4 Å². The van der Waals surface area contributed by atoms with E-state index in [0.717, 1.165) is 16.5 Å². The van der Waals surface area contributed by atoms with E-state index < -0.39 is 23.0 Å². The van der Waals surface area contributed by atoms with Gasteiger partial charge in [0.15, 0.2) is 0 Å². The number of nitro benzene ring substituents is 1. The van der Waals surface area contributed by atoms with Crippen LogP contribution >= 0.6 is 11.6 Å². The van der Waals surface area contributed by atoms with Gasteiger partial charge in [0, 0.05) is 35.2 Å². The zero-order valence-corrected chi connectivity index (χ0v) is 21.9. The number of nitrogens with zero attached hydrogens (tertiary/aromatic N) is 2. The number of amides is 2. The van der Waals surface area contributed by atoms with Gasteiger partial charge in [-0.3, -0.25) is 14.9 Å². The van der Waals surface area contributed by atoms with Crippen molar-refractivity contribution in [2.75, 3.05) is 6.61 Å². The highest BCUT2D eigenvalue weighted by molar-refractivity contribution is 6.32. The number of hydrogen-bond acceptors (Lipinski definition) is 7. The normalized spacial score (nSPS) is 12.1. The molecule has 0 aliphatic carbocycles. The topological polar surface area (TPSA) is 152 Å². The van der Waals surface area contributed by atoms with E-state index in [1.165, 1.54) is 18.3 Å². The van der Waals surface area contributed by atoms with Crippen LogP contribution in [0.25, 0.3) is 22.2 Å². The zero-order valence-electron chi connectivity index (χ0n) is 21.1. The SMILES string of the molecule is CC(C)COC(=O)N[C@@H](Cc1c[nH]c2ccccc12)C(=O)N/N=C\c1ccc(-c2ccc(Cl)c([N+](=O)[O-])c2)o1. The van der Waals surface area contributed by atoms with Crippen LogP contribution in [0, 0.1) is 16.0 Å². The first kappa shape index (κ1) is 27.4. The van der Waals surface area contributed by atoms with Crippen LogP contribution in [0.2, 0.25) is 5.02 Å². The van der Waals surface area contributed by atoms with Gasteiger partial charge in [0.05, 0.1) is 17.7 Å². The van der Waals surface area contributed by atoms with Crippen molar-refractivity contribution in [3.63, 3.8) is 0 Å². The van der Waals surface area contributed by atoms with E-state index >= 15 is 0 Å². The Balaban J connectivity index is 1.46. The number of H-pyrrole nitrogens is 1. The first-order chi connectivity index (χ1) is 18.7. The largest absolute Gasteiger partial charge is 0.455 e. The number of alkyl carbamates (subject to hydrolysis) is 1. The average molecular weight is 552 g/mol. The molecule has 4 aromatic rings.